The fourth-order valence-corrected chi connectivity index (χ4v) is 8.20. The van der Waals surface area contributed by atoms with Crippen LogP contribution >= 0.6 is 0 Å². The summed E-state index contributed by atoms with van der Waals surface area (Å²) < 4.78 is 5.69. The molecule has 4 aliphatic rings. The number of nitro groups is 1. The first-order valence-corrected chi connectivity index (χ1v) is 15.3. The van der Waals surface area contributed by atoms with Crippen LogP contribution < -0.4 is 14.5 Å². The number of nitro benzene ring substituents is 1. The highest BCUT2D eigenvalue weighted by atomic mass is 16.6. The topological polar surface area (TPSA) is 147 Å². The summed E-state index contributed by atoms with van der Waals surface area (Å²) in [5.41, 5.74) is 0.331. The Bertz CT molecular complexity index is 1840. The number of rotatable bonds is 6. The summed E-state index contributed by atoms with van der Waals surface area (Å²) in [5.74, 6) is -5.31. The normalized spacial score (nSPS) is 28.5. The van der Waals surface area contributed by atoms with E-state index in [1.54, 1.807) is 62.4 Å². The Balaban J connectivity index is 1.36. The van der Waals surface area contributed by atoms with Crippen LogP contribution in [0.3, 0.4) is 0 Å². The summed E-state index contributed by atoms with van der Waals surface area (Å²) in [4.78, 5) is 69.7. The van der Waals surface area contributed by atoms with E-state index in [0.29, 0.717) is 17.9 Å². The van der Waals surface area contributed by atoms with Crippen molar-refractivity contribution in [1.29, 1.82) is 0 Å². The molecule has 3 fully saturated rings. The van der Waals surface area contributed by atoms with Gasteiger partial charge in [0.1, 0.15) is 0 Å². The van der Waals surface area contributed by atoms with Crippen LogP contribution in [0.25, 0.3) is 0 Å². The van der Waals surface area contributed by atoms with Crippen molar-refractivity contribution in [3.8, 4) is 11.5 Å². The minimum atomic E-state index is -1.31. The number of fused-ring (bicyclic) bond motifs is 4. The van der Waals surface area contributed by atoms with Gasteiger partial charge >= 0.3 is 0 Å². The van der Waals surface area contributed by atoms with Crippen molar-refractivity contribution in [2.24, 2.45) is 29.1 Å². The molecule has 2 heterocycles. The number of imide groups is 2. The van der Waals surface area contributed by atoms with Crippen LogP contribution in [0.5, 0.6) is 11.5 Å². The predicted molar refractivity (Wildman–Crippen MR) is 166 cm³/mol. The molecule has 1 saturated carbocycles. The average molecular weight is 622 g/mol. The van der Waals surface area contributed by atoms with Gasteiger partial charge in [-0.3, -0.25) is 34.2 Å². The lowest BCUT2D eigenvalue weighted by Crippen LogP contribution is -2.48. The van der Waals surface area contributed by atoms with Crippen LogP contribution in [-0.2, 0) is 19.2 Å². The van der Waals surface area contributed by atoms with Crippen LogP contribution in [0.2, 0.25) is 0 Å². The van der Waals surface area contributed by atoms with Crippen LogP contribution in [0.1, 0.15) is 38.2 Å². The van der Waals surface area contributed by atoms with Crippen molar-refractivity contribution in [3.63, 3.8) is 0 Å². The van der Waals surface area contributed by atoms with E-state index < -0.39 is 63.6 Å². The lowest BCUT2D eigenvalue weighted by molar-refractivity contribution is -0.384. The van der Waals surface area contributed by atoms with E-state index in [9.17, 15) is 34.4 Å². The van der Waals surface area contributed by atoms with Gasteiger partial charge in [0.2, 0.25) is 23.6 Å². The molecule has 0 aromatic heterocycles. The number of nitrogens with zero attached hydrogens (tertiary/aromatic N) is 3. The molecule has 3 aromatic carbocycles. The number of amides is 4. The van der Waals surface area contributed by atoms with Gasteiger partial charge in [-0.1, -0.05) is 42.0 Å². The standard InChI is InChI=1S/C35H31N3O8/c1-3-46-27-11-7-10-24(30(27)39)29-22-16-17-23-28(33(42)36(31(23)40)20-12-14-21(15-13-20)38(44)45)25(22)18-26-32(41)37(34(43)35(26,29)2)19-8-5-4-6-9-19/h4-16,23,25-26,28-29,39H,3,17-18H2,1-2H3/t23-,25+,26-,28-,29+,35+/m0/s1. The highest BCUT2D eigenvalue weighted by Crippen LogP contribution is 2.65. The Labute approximate surface area is 264 Å². The zero-order valence-electron chi connectivity index (χ0n) is 25.2. The van der Waals surface area contributed by atoms with E-state index in [1.165, 1.54) is 29.2 Å². The Morgan fingerprint density at radius 2 is 1.59 bits per heavy atom. The van der Waals surface area contributed by atoms with E-state index in [1.807, 2.05) is 6.08 Å². The maximum atomic E-state index is 14.5. The zero-order chi connectivity index (χ0) is 32.5. The lowest BCUT2D eigenvalue weighted by atomic mass is 9.51. The van der Waals surface area contributed by atoms with Crippen molar-refractivity contribution >= 4 is 40.7 Å². The third-order valence-corrected chi connectivity index (χ3v) is 10.2. The van der Waals surface area contributed by atoms with Gasteiger partial charge in [-0.05, 0) is 62.9 Å². The highest BCUT2D eigenvalue weighted by molar-refractivity contribution is 6.25. The molecule has 11 heteroatoms. The fraction of sp³-hybridized carbons (Fsp3) is 0.314. The number of carbonyl (C=O) groups excluding carboxylic acids is 4. The Hall–Kier alpha value is -5.32. The van der Waals surface area contributed by atoms with Crippen molar-refractivity contribution in [1.82, 2.24) is 0 Å². The largest absolute Gasteiger partial charge is 0.504 e. The summed E-state index contributed by atoms with van der Waals surface area (Å²) in [7, 11) is 0. The van der Waals surface area contributed by atoms with Crippen molar-refractivity contribution in [2.75, 3.05) is 16.4 Å². The van der Waals surface area contributed by atoms with Crippen molar-refractivity contribution in [3.05, 3.63) is 100 Å². The molecule has 46 heavy (non-hydrogen) atoms. The summed E-state index contributed by atoms with van der Waals surface area (Å²) in [5, 5.41) is 22.7. The van der Waals surface area contributed by atoms with Gasteiger partial charge in [0.15, 0.2) is 11.5 Å². The van der Waals surface area contributed by atoms with E-state index in [0.717, 1.165) is 10.5 Å². The zero-order valence-corrected chi connectivity index (χ0v) is 25.2. The molecule has 0 radical (unpaired) electrons. The monoisotopic (exact) mass is 621 g/mol. The maximum Gasteiger partial charge on any atom is 0.269 e. The second-order valence-corrected chi connectivity index (χ2v) is 12.4. The van der Waals surface area contributed by atoms with Gasteiger partial charge in [-0.2, -0.15) is 0 Å². The molecule has 0 bridgehead atoms. The summed E-state index contributed by atoms with van der Waals surface area (Å²) in [6.45, 7) is 3.84. The number of para-hydroxylation sites is 2. The first kappa shape index (κ1) is 29.4. The van der Waals surface area contributed by atoms with E-state index >= 15 is 0 Å². The molecule has 6 atom stereocenters. The molecule has 0 unspecified atom stereocenters. The molecule has 2 aliphatic heterocycles. The molecule has 234 valence electrons. The number of phenolic OH excluding ortho intramolecular Hbond substituents is 1. The number of non-ortho nitro benzene ring substituents is 1. The molecular weight excluding hydrogens is 590 g/mol. The number of hydrogen-bond donors (Lipinski definition) is 1. The van der Waals surface area contributed by atoms with E-state index in [4.69, 9.17) is 4.74 Å². The summed E-state index contributed by atoms with van der Waals surface area (Å²) in [6.07, 6.45) is 2.28. The van der Waals surface area contributed by atoms with Crippen LogP contribution in [0, 0.1) is 39.2 Å². The van der Waals surface area contributed by atoms with Gasteiger partial charge in [-0.25, -0.2) is 4.90 Å². The maximum absolute atomic E-state index is 14.5. The summed E-state index contributed by atoms with van der Waals surface area (Å²) >= 11 is 0. The number of anilines is 2. The molecule has 2 saturated heterocycles. The Kier molecular flexibility index (Phi) is 6.80. The predicted octanol–water partition coefficient (Wildman–Crippen LogP) is 5.13. The van der Waals surface area contributed by atoms with Crippen molar-refractivity contribution in [2.45, 2.75) is 32.6 Å². The minimum absolute atomic E-state index is 0.141. The third kappa shape index (κ3) is 4.03. The number of allylic oxidation sites excluding steroid dienone is 2. The molecular formula is C35H31N3O8. The number of ether oxygens (including phenoxy) is 1. The second kappa shape index (κ2) is 10.6. The van der Waals surface area contributed by atoms with Crippen LogP contribution in [0.4, 0.5) is 17.1 Å². The third-order valence-electron chi connectivity index (χ3n) is 10.2. The number of carbonyl (C=O) groups is 4. The molecule has 1 N–H and O–H groups in total. The SMILES string of the molecule is CCOc1cccc([C@H]2C3=CC[C@@H]4C(=O)N(c5ccc([N+](=O)[O-])cc5)C(=O)[C@@H]4[C@@H]3C[C@H]3C(=O)N(c4ccccc4)C(=O)[C@@]23C)c1O. The van der Waals surface area contributed by atoms with Crippen LogP contribution in [0.15, 0.2) is 84.4 Å². The van der Waals surface area contributed by atoms with E-state index in [-0.39, 0.29) is 35.7 Å². The fourth-order valence-electron chi connectivity index (χ4n) is 8.20. The Morgan fingerprint density at radius 1 is 0.891 bits per heavy atom. The highest BCUT2D eigenvalue weighted by Gasteiger charge is 2.68. The molecule has 0 spiro atoms. The van der Waals surface area contributed by atoms with Gasteiger partial charge in [-0.15, -0.1) is 0 Å². The quantitative estimate of drug-likeness (QED) is 0.172. The molecule has 11 nitrogen and oxygen atoms in total. The Morgan fingerprint density at radius 3 is 2.26 bits per heavy atom. The number of benzene rings is 3. The smallest absolute Gasteiger partial charge is 0.269 e. The molecule has 2 aliphatic carbocycles. The number of hydrogen-bond acceptors (Lipinski definition) is 8. The first-order valence-electron chi connectivity index (χ1n) is 15.3. The average Bonchev–Trinajstić information content (AvgIpc) is 3.42. The minimum Gasteiger partial charge on any atom is -0.504 e. The first-order chi connectivity index (χ1) is 22.1. The van der Waals surface area contributed by atoms with Gasteiger partial charge in [0, 0.05) is 23.6 Å². The molecule has 4 amide bonds. The molecule has 3 aromatic rings. The number of phenols is 1. The van der Waals surface area contributed by atoms with Crippen LogP contribution in [-0.4, -0.2) is 40.3 Å². The van der Waals surface area contributed by atoms with Gasteiger partial charge in [0.05, 0.1) is 46.1 Å². The number of aromatic hydroxyl groups is 1. The van der Waals surface area contributed by atoms with Crippen molar-refractivity contribution < 1.29 is 33.9 Å². The van der Waals surface area contributed by atoms with Gasteiger partial charge < -0.3 is 9.84 Å². The van der Waals surface area contributed by atoms with Gasteiger partial charge in [0.25, 0.3) is 5.69 Å². The molecule has 7 rings (SSSR count). The summed E-state index contributed by atoms with van der Waals surface area (Å²) in [6, 6.07) is 19.0. The lowest BCUT2D eigenvalue weighted by Gasteiger charge is -2.49. The second-order valence-electron chi connectivity index (χ2n) is 12.4. The van der Waals surface area contributed by atoms with E-state index in [2.05, 4.69) is 0 Å².